The first-order chi connectivity index (χ1) is 16.3. The summed E-state index contributed by atoms with van der Waals surface area (Å²) in [4.78, 5) is 0. The molecule has 2 rings (SSSR count). The topological polar surface area (TPSA) is 18.5 Å². The molecule has 0 radical (unpaired) electrons. The van der Waals surface area contributed by atoms with Gasteiger partial charge in [0.25, 0.3) is 0 Å². The van der Waals surface area contributed by atoms with Gasteiger partial charge in [0.1, 0.15) is 11.9 Å². The Hall–Kier alpha value is -1.59. The maximum absolute atomic E-state index is 14.2. The Morgan fingerprint density at radius 3 is 2.06 bits per heavy atom. The molecule has 0 saturated carbocycles. The van der Waals surface area contributed by atoms with Crippen LogP contribution in [0, 0.1) is 0 Å². The van der Waals surface area contributed by atoms with Crippen LogP contribution in [0.3, 0.4) is 0 Å². The summed E-state index contributed by atoms with van der Waals surface area (Å²) in [6.45, 7) is 9.02. The highest BCUT2D eigenvalue weighted by Crippen LogP contribution is 2.42. The average Bonchev–Trinajstić information content (AvgIpc) is 2.71. The van der Waals surface area contributed by atoms with Crippen molar-refractivity contribution in [2.75, 3.05) is 0 Å². The molecule has 11 heteroatoms. The first-order valence-electron chi connectivity index (χ1n) is 11.3. The van der Waals surface area contributed by atoms with Crippen LogP contribution in [0.25, 0.3) is 0 Å². The van der Waals surface area contributed by atoms with E-state index >= 15 is 0 Å². The number of alkyl halides is 7. The molecule has 2 aromatic rings. The van der Waals surface area contributed by atoms with Crippen LogP contribution in [-0.4, -0.2) is 33.1 Å². The highest BCUT2D eigenvalue weighted by atomic mass is 79.9. The van der Waals surface area contributed by atoms with Crippen molar-refractivity contribution < 1.29 is 39.9 Å². The summed E-state index contributed by atoms with van der Waals surface area (Å²) in [7, 11) is -2.80. The second-order valence-corrected chi connectivity index (χ2v) is 15.9. The van der Waals surface area contributed by atoms with E-state index in [0.717, 1.165) is 12.1 Å². The summed E-state index contributed by atoms with van der Waals surface area (Å²) < 4.78 is 105. The van der Waals surface area contributed by atoms with Crippen molar-refractivity contribution in [3.8, 4) is 5.75 Å². The third-order valence-corrected chi connectivity index (χ3v) is 11.3. The van der Waals surface area contributed by atoms with Gasteiger partial charge in [-0.15, -0.1) is 0 Å². The van der Waals surface area contributed by atoms with Gasteiger partial charge in [-0.3, -0.25) is 0 Å². The molecule has 0 aromatic heterocycles. The molecule has 2 atom stereocenters. The maximum Gasteiger partial charge on any atom is 0.461 e. The van der Waals surface area contributed by atoms with E-state index in [-0.39, 0.29) is 6.42 Å². The first-order valence-corrected chi connectivity index (χ1v) is 15.0. The molecule has 0 spiro atoms. The number of benzene rings is 2. The molecule has 202 valence electrons. The van der Waals surface area contributed by atoms with Crippen LogP contribution < -0.4 is 4.74 Å². The largest absolute Gasteiger partial charge is 0.461 e. The molecule has 0 N–H and O–H groups in total. The molecule has 2 aromatic carbocycles. The second kappa shape index (κ2) is 11.4. The van der Waals surface area contributed by atoms with Crippen molar-refractivity contribution in [3.05, 3.63) is 64.1 Å². The standard InChI is InChI=1S/C25H30BrF7O2Si/c1-23(2,3)36(4,5)35-21(24(29,30)31)15-18(17-9-7-10-19(26)14-17)12-16-8-6-11-20(13-16)34-25(32,33)22(27)28/h6-11,13-14,18,21-22H,12,15H2,1-5H3. The number of rotatable bonds is 10. The van der Waals surface area contributed by atoms with Crippen molar-refractivity contribution in [2.45, 2.75) is 82.5 Å². The molecule has 0 saturated heterocycles. The van der Waals surface area contributed by atoms with Crippen molar-refractivity contribution in [3.63, 3.8) is 0 Å². The molecule has 0 bridgehead atoms. The summed E-state index contributed by atoms with van der Waals surface area (Å²) in [6, 6.07) is 11.9. The lowest BCUT2D eigenvalue weighted by atomic mass is 9.87. The van der Waals surface area contributed by atoms with Crippen molar-refractivity contribution >= 4 is 24.2 Å². The Morgan fingerprint density at radius 1 is 0.917 bits per heavy atom. The maximum atomic E-state index is 14.2. The average molecular weight is 603 g/mol. The van der Waals surface area contributed by atoms with E-state index in [1.807, 2.05) is 20.8 Å². The molecule has 2 nitrogen and oxygen atoms in total. The zero-order valence-corrected chi connectivity index (χ0v) is 23.2. The van der Waals surface area contributed by atoms with Crippen molar-refractivity contribution in [1.29, 1.82) is 0 Å². The van der Waals surface area contributed by atoms with E-state index in [1.165, 1.54) is 12.1 Å². The van der Waals surface area contributed by atoms with E-state index in [1.54, 1.807) is 37.4 Å². The molecular formula is C25H30BrF7O2Si. The number of halogens is 8. The predicted octanol–water partition coefficient (Wildman–Crippen LogP) is 9.35. The predicted molar refractivity (Wildman–Crippen MR) is 131 cm³/mol. The van der Waals surface area contributed by atoms with Gasteiger partial charge >= 0.3 is 18.7 Å². The fraction of sp³-hybridized carbons (Fsp3) is 0.520. The van der Waals surface area contributed by atoms with E-state index in [2.05, 4.69) is 20.7 Å². The second-order valence-electron chi connectivity index (χ2n) is 10.2. The van der Waals surface area contributed by atoms with Crippen LogP contribution in [-0.2, 0) is 10.8 Å². The number of hydrogen-bond donors (Lipinski definition) is 0. The zero-order chi connectivity index (χ0) is 27.5. The van der Waals surface area contributed by atoms with E-state index in [4.69, 9.17) is 4.43 Å². The summed E-state index contributed by atoms with van der Waals surface area (Å²) in [5.74, 6) is -1.22. The number of hydrogen-bond acceptors (Lipinski definition) is 2. The molecule has 0 aliphatic carbocycles. The quantitative estimate of drug-likeness (QED) is 0.199. The Balaban J connectivity index is 2.42. The zero-order valence-electron chi connectivity index (χ0n) is 20.6. The third kappa shape index (κ3) is 8.48. The van der Waals surface area contributed by atoms with Crippen LogP contribution in [0.4, 0.5) is 30.7 Å². The minimum Gasteiger partial charge on any atom is -0.428 e. The molecule has 0 heterocycles. The summed E-state index contributed by atoms with van der Waals surface area (Å²) in [5.41, 5.74) is 0.942. The first kappa shape index (κ1) is 30.6. The fourth-order valence-electron chi connectivity index (χ4n) is 3.36. The van der Waals surface area contributed by atoms with Crippen LogP contribution in [0.2, 0.25) is 18.1 Å². The van der Waals surface area contributed by atoms with Crippen LogP contribution in [0.1, 0.15) is 44.2 Å². The summed E-state index contributed by atoms with van der Waals surface area (Å²) in [6.07, 6.45) is -15.8. The lowest BCUT2D eigenvalue weighted by molar-refractivity contribution is -0.253. The van der Waals surface area contributed by atoms with Crippen molar-refractivity contribution in [1.82, 2.24) is 0 Å². The minimum atomic E-state index is -4.69. The van der Waals surface area contributed by atoms with Crippen LogP contribution in [0.15, 0.2) is 53.0 Å². The van der Waals surface area contributed by atoms with Crippen LogP contribution in [0.5, 0.6) is 5.75 Å². The van der Waals surface area contributed by atoms with Gasteiger partial charge in [0.15, 0.2) is 8.32 Å². The fourth-order valence-corrected chi connectivity index (χ4v) is 5.07. The Bertz CT molecular complexity index is 1010. The van der Waals surface area contributed by atoms with Gasteiger partial charge in [0.2, 0.25) is 0 Å². The summed E-state index contributed by atoms with van der Waals surface area (Å²) >= 11 is 3.33. The Labute approximate surface area is 216 Å². The molecule has 36 heavy (non-hydrogen) atoms. The SMILES string of the molecule is CC(C)(C)[Si](C)(C)OC(CC(Cc1cccc(OC(F)(F)C(F)F)c1)c1cccc(Br)c1)C(F)(F)F. The monoisotopic (exact) mass is 602 g/mol. The smallest absolute Gasteiger partial charge is 0.428 e. The highest BCUT2D eigenvalue weighted by Gasteiger charge is 2.48. The Morgan fingerprint density at radius 2 is 1.53 bits per heavy atom. The molecule has 0 aliphatic rings. The van der Waals surface area contributed by atoms with E-state index in [0.29, 0.717) is 15.6 Å². The molecular weight excluding hydrogens is 573 g/mol. The Kier molecular flexibility index (Phi) is 9.72. The van der Waals surface area contributed by atoms with Gasteiger partial charge in [-0.2, -0.15) is 30.7 Å². The van der Waals surface area contributed by atoms with Gasteiger partial charge in [-0.1, -0.05) is 61.0 Å². The van der Waals surface area contributed by atoms with E-state index in [9.17, 15) is 30.7 Å². The summed E-state index contributed by atoms with van der Waals surface area (Å²) in [5, 5.41) is -0.455. The molecule has 2 unspecified atom stereocenters. The molecule has 0 fully saturated rings. The van der Waals surface area contributed by atoms with Gasteiger partial charge in [-0.05, 0) is 72.3 Å². The minimum absolute atomic E-state index is 0.0152. The van der Waals surface area contributed by atoms with Crippen LogP contribution >= 0.6 is 15.9 Å². The molecule has 0 aliphatic heterocycles. The van der Waals surface area contributed by atoms with Crippen molar-refractivity contribution in [2.24, 2.45) is 0 Å². The van der Waals surface area contributed by atoms with Gasteiger partial charge in [-0.25, -0.2) is 0 Å². The van der Waals surface area contributed by atoms with E-state index < -0.39 is 56.3 Å². The lowest BCUT2D eigenvalue weighted by Gasteiger charge is -2.40. The highest BCUT2D eigenvalue weighted by molar-refractivity contribution is 9.10. The normalized spacial score (nSPS) is 15.2. The number of ether oxygens (including phenoxy) is 1. The van der Waals surface area contributed by atoms with Gasteiger partial charge in [0.05, 0.1) is 0 Å². The lowest BCUT2D eigenvalue weighted by Crippen LogP contribution is -2.48. The van der Waals surface area contributed by atoms with Gasteiger partial charge < -0.3 is 9.16 Å². The third-order valence-electron chi connectivity index (χ3n) is 6.32. The van der Waals surface area contributed by atoms with Gasteiger partial charge in [0, 0.05) is 4.47 Å². The molecule has 0 amide bonds.